The van der Waals surface area contributed by atoms with E-state index in [0.29, 0.717) is 6.42 Å². The summed E-state index contributed by atoms with van der Waals surface area (Å²) in [7, 11) is 0. The summed E-state index contributed by atoms with van der Waals surface area (Å²) in [4.78, 5) is 12.6. The molecule has 0 saturated heterocycles. The summed E-state index contributed by atoms with van der Waals surface area (Å²) in [5, 5.41) is 3.22. The summed E-state index contributed by atoms with van der Waals surface area (Å²) in [5.74, 6) is 1.84. The topological polar surface area (TPSA) is 29.1 Å². The number of hydrogen-bond donors (Lipinski definition) is 1. The maximum absolute atomic E-state index is 12.6. The van der Waals surface area contributed by atoms with Crippen molar-refractivity contribution < 1.29 is 4.79 Å². The Morgan fingerprint density at radius 1 is 0.852 bits per heavy atom. The summed E-state index contributed by atoms with van der Waals surface area (Å²) in [6, 6.07) is 28.8. The van der Waals surface area contributed by atoms with E-state index in [0.717, 1.165) is 22.6 Å². The van der Waals surface area contributed by atoms with Crippen LogP contribution in [0, 0.1) is 6.92 Å². The predicted molar refractivity (Wildman–Crippen MR) is 115 cm³/mol. The first kappa shape index (κ1) is 19.2. The molecule has 3 aromatic carbocycles. The minimum Gasteiger partial charge on any atom is -0.345 e. The van der Waals surface area contributed by atoms with Gasteiger partial charge < -0.3 is 5.32 Å². The molecule has 1 atom stereocenters. The molecule has 0 aliphatic carbocycles. The van der Waals surface area contributed by atoms with Gasteiger partial charge in [-0.05, 0) is 23.6 Å². The fourth-order valence-corrected chi connectivity index (χ4v) is 3.83. The van der Waals surface area contributed by atoms with Crippen molar-refractivity contribution in [2.75, 3.05) is 5.75 Å². The lowest BCUT2D eigenvalue weighted by Gasteiger charge is -2.20. The van der Waals surface area contributed by atoms with Crippen LogP contribution in [0.15, 0.2) is 84.9 Å². The molecular formula is C24H25NOS. The molecule has 0 bridgehead atoms. The molecule has 0 aliphatic rings. The second-order valence-electron chi connectivity index (χ2n) is 6.61. The van der Waals surface area contributed by atoms with Gasteiger partial charge in [0.05, 0.1) is 6.04 Å². The average molecular weight is 376 g/mol. The van der Waals surface area contributed by atoms with Gasteiger partial charge in [-0.3, -0.25) is 4.79 Å². The monoisotopic (exact) mass is 375 g/mol. The highest BCUT2D eigenvalue weighted by Crippen LogP contribution is 2.23. The van der Waals surface area contributed by atoms with E-state index in [2.05, 4.69) is 72.9 Å². The van der Waals surface area contributed by atoms with Crippen LogP contribution < -0.4 is 5.32 Å². The van der Waals surface area contributed by atoms with Gasteiger partial charge in [-0.25, -0.2) is 0 Å². The van der Waals surface area contributed by atoms with Crippen molar-refractivity contribution in [1.29, 1.82) is 0 Å². The maximum atomic E-state index is 12.6. The van der Waals surface area contributed by atoms with Gasteiger partial charge in [-0.15, -0.1) is 0 Å². The molecular weight excluding hydrogens is 350 g/mol. The highest BCUT2D eigenvalue weighted by atomic mass is 32.2. The average Bonchev–Trinajstić information content (AvgIpc) is 2.72. The Hall–Kier alpha value is -2.52. The highest BCUT2D eigenvalue weighted by Gasteiger charge is 2.16. The van der Waals surface area contributed by atoms with E-state index in [4.69, 9.17) is 0 Å². The summed E-state index contributed by atoms with van der Waals surface area (Å²) in [5.41, 5.74) is 4.72. The lowest BCUT2D eigenvalue weighted by atomic mass is 9.97. The van der Waals surface area contributed by atoms with E-state index in [1.165, 1.54) is 11.1 Å². The zero-order chi connectivity index (χ0) is 18.9. The van der Waals surface area contributed by atoms with Gasteiger partial charge in [-0.2, -0.15) is 11.8 Å². The molecule has 0 saturated carbocycles. The SMILES string of the molecule is Cc1ccc([C@@H](NC(=O)CCSCc2ccccc2)c2ccccc2)cc1. The highest BCUT2D eigenvalue weighted by molar-refractivity contribution is 7.98. The molecule has 138 valence electrons. The first-order valence-electron chi connectivity index (χ1n) is 9.25. The zero-order valence-electron chi connectivity index (χ0n) is 15.6. The molecule has 1 N–H and O–H groups in total. The van der Waals surface area contributed by atoms with E-state index >= 15 is 0 Å². The van der Waals surface area contributed by atoms with Gasteiger partial charge in [0.15, 0.2) is 0 Å². The fourth-order valence-electron chi connectivity index (χ4n) is 2.93. The van der Waals surface area contributed by atoms with Crippen LogP contribution in [0.25, 0.3) is 0 Å². The molecule has 0 unspecified atom stereocenters. The summed E-state index contributed by atoms with van der Waals surface area (Å²) in [6.45, 7) is 2.07. The van der Waals surface area contributed by atoms with Crippen LogP contribution in [0.3, 0.4) is 0 Å². The first-order chi connectivity index (χ1) is 13.2. The number of aryl methyl sites for hydroxylation is 1. The van der Waals surface area contributed by atoms with Gasteiger partial charge in [0.1, 0.15) is 0 Å². The Labute approximate surface area is 166 Å². The Kier molecular flexibility index (Phi) is 7.11. The normalized spacial score (nSPS) is 11.7. The van der Waals surface area contributed by atoms with E-state index in [1.807, 2.05) is 24.3 Å². The Balaban J connectivity index is 1.58. The van der Waals surface area contributed by atoms with Crippen molar-refractivity contribution in [3.8, 4) is 0 Å². The number of hydrogen-bond acceptors (Lipinski definition) is 2. The van der Waals surface area contributed by atoms with Crippen LogP contribution in [0.2, 0.25) is 0 Å². The van der Waals surface area contributed by atoms with E-state index in [9.17, 15) is 4.79 Å². The van der Waals surface area contributed by atoms with Crippen molar-refractivity contribution in [3.05, 3.63) is 107 Å². The zero-order valence-corrected chi connectivity index (χ0v) is 16.4. The molecule has 3 heteroatoms. The van der Waals surface area contributed by atoms with Crippen LogP contribution in [-0.4, -0.2) is 11.7 Å². The van der Waals surface area contributed by atoms with Crippen LogP contribution in [0.4, 0.5) is 0 Å². The van der Waals surface area contributed by atoms with E-state index in [-0.39, 0.29) is 11.9 Å². The van der Waals surface area contributed by atoms with Crippen LogP contribution in [0.1, 0.15) is 34.7 Å². The number of thioether (sulfide) groups is 1. The number of rotatable bonds is 8. The molecule has 2 nitrogen and oxygen atoms in total. The van der Waals surface area contributed by atoms with Gasteiger partial charge in [0.25, 0.3) is 0 Å². The predicted octanol–water partition coefficient (Wildman–Crippen LogP) is 5.52. The minimum atomic E-state index is -0.113. The van der Waals surface area contributed by atoms with E-state index < -0.39 is 0 Å². The number of carbonyl (C=O) groups excluding carboxylic acids is 1. The maximum Gasteiger partial charge on any atom is 0.221 e. The molecule has 1 amide bonds. The molecule has 3 rings (SSSR count). The Bertz CT molecular complexity index is 831. The summed E-state index contributed by atoms with van der Waals surface area (Å²) >= 11 is 1.79. The molecule has 0 radical (unpaired) electrons. The van der Waals surface area contributed by atoms with Crippen LogP contribution >= 0.6 is 11.8 Å². The summed E-state index contributed by atoms with van der Waals surface area (Å²) < 4.78 is 0. The Morgan fingerprint density at radius 2 is 1.44 bits per heavy atom. The third-order valence-corrected chi connectivity index (χ3v) is 5.46. The standard InChI is InChI=1S/C24H25NOS/c1-19-12-14-22(15-13-19)24(21-10-6-3-7-11-21)25-23(26)16-17-27-18-20-8-4-2-5-9-20/h2-15,24H,16-18H2,1H3,(H,25,26)/t24-/m0/s1. The van der Waals surface area contributed by atoms with Crippen molar-refractivity contribution in [3.63, 3.8) is 0 Å². The first-order valence-corrected chi connectivity index (χ1v) is 10.4. The quantitative estimate of drug-likeness (QED) is 0.525. The smallest absolute Gasteiger partial charge is 0.221 e. The van der Waals surface area contributed by atoms with Crippen LogP contribution in [-0.2, 0) is 10.5 Å². The molecule has 27 heavy (non-hydrogen) atoms. The van der Waals surface area contributed by atoms with Gasteiger partial charge >= 0.3 is 0 Å². The van der Waals surface area contributed by atoms with Crippen molar-refractivity contribution in [2.45, 2.75) is 25.1 Å². The number of amides is 1. The van der Waals surface area contributed by atoms with Crippen molar-refractivity contribution in [1.82, 2.24) is 5.32 Å². The molecule has 0 heterocycles. The lowest BCUT2D eigenvalue weighted by Crippen LogP contribution is -2.29. The lowest BCUT2D eigenvalue weighted by molar-refractivity contribution is -0.121. The fraction of sp³-hybridized carbons (Fsp3) is 0.208. The second kappa shape index (κ2) is 9.98. The minimum absolute atomic E-state index is 0.0880. The van der Waals surface area contributed by atoms with Gasteiger partial charge in [0, 0.05) is 17.9 Å². The third kappa shape index (κ3) is 6.00. The Morgan fingerprint density at radius 3 is 2.11 bits per heavy atom. The molecule has 0 aliphatic heterocycles. The largest absolute Gasteiger partial charge is 0.345 e. The van der Waals surface area contributed by atoms with Crippen molar-refractivity contribution in [2.24, 2.45) is 0 Å². The van der Waals surface area contributed by atoms with Crippen molar-refractivity contribution >= 4 is 17.7 Å². The second-order valence-corrected chi connectivity index (χ2v) is 7.72. The third-order valence-electron chi connectivity index (χ3n) is 4.43. The van der Waals surface area contributed by atoms with Gasteiger partial charge in [-0.1, -0.05) is 90.5 Å². The molecule has 0 aromatic heterocycles. The number of nitrogens with one attached hydrogen (secondary N) is 1. The summed E-state index contributed by atoms with van der Waals surface area (Å²) in [6.07, 6.45) is 0.521. The molecule has 0 spiro atoms. The van der Waals surface area contributed by atoms with Gasteiger partial charge in [0.2, 0.25) is 5.91 Å². The van der Waals surface area contributed by atoms with E-state index in [1.54, 1.807) is 11.8 Å². The molecule has 3 aromatic rings. The van der Waals surface area contributed by atoms with Crippen LogP contribution in [0.5, 0.6) is 0 Å². The molecule has 0 fully saturated rings. The number of carbonyl (C=O) groups is 1. The number of benzene rings is 3.